The number of nitrogens with zero attached hydrogens (tertiary/aromatic N) is 2. The first kappa shape index (κ1) is 18.7. The summed E-state index contributed by atoms with van der Waals surface area (Å²) in [5.41, 5.74) is 7.02. The van der Waals surface area contributed by atoms with E-state index in [0.29, 0.717) is 25.4 Å². The summed E-state index contributed by atoms with van der Waals surface area (Å²) in [5.74, 6) is 1.26. The fourth-order valence-electron chi connectivity index (χ4n) is 3.95. The van der Waals surface area contributed by atoms with E-state index in [2.05, 4.69) is 0 Å². The number of likely N-dealkylation sites (tertiary alicyclic amines) is 2. The third-order valence-corrected chi connectivity index (χ3v) is 5.69. The van der Waals surface area contributed by atoms with Crippen LogP contribution in [0.4, 0.5) is 0 Å². The lowest BCUT2D eigenvalue weighted by Crippen LogP contribution is -2.45. The number of hydrogen-bond donors (Lipinski definition) is 1. The molecule has 0 bridgehead atoms. The predicted octanol–water partition coefficient (Wildman–Crippen LogP) is 1.63. The van der Waals surface area contributed by atoms with Gasteiger partial charge in [0.05, 0.1) is 13.0 Å². The minimum Gasteiger partial charge on any atom is -0.497 e. The predicted molar refractivity (Wildman–Crippen MR) is 99.5 cm³/mol. The van der Waals surface area contributed by atoms with E-state index in [4.69, 9.17) is 10.5 Å². The number of benzene rings is 1. The molecule has 6 heteroatoms. The molecular weight excluding hydrogens is 330 g/mol. The van der Waals surface area contributed by atoms with Gasteiger partial charge >= 0.3 is 0 Å². The molecule has 2 heterocycles. The molecular formula is C20H29N3O3. The van der Waals surface area contributed by atoms with Gasteiger partial charge in [0, 0.05) is 38.6 Å². The molecule has 0 spiro atoms. The Kier molecular flexibility index (Phi) is 5.81. The highest BCUT2D eigenvalue weighted by atomic mass is 16.5. The van der Waals surface area contributed by atoms with E-state index in [9.17, 15) is 9.59 Å². The molecule has 26 heavy (non-hydrogen) atoms. The van der Waals surface area contributed by atoms with E-state index in [1.54, 1.807) is 12.0 Å². The van der Waals surface area contributed by atoms with Gasteiger partial charge in [0.25, 0.3) is 0 Å². The summed E-state index contributed by atoms with van der Waals surface area (Å²) in [6.07, 6.45) is 2.24. The summed E-state index contributed by atoms with van der Waals surface area (Å²) >= 11 is 0. The van der Waals surface area contributed by atoms with E-state index in [1.807, 2.05) is 36.1 Å². The minimum atomic E-state index is -0.215. The summed E-state index contributed by atoms with van der Waals surface area (Å²) in [7, 11) is 1.63. The zero-order valence-electron chi connectivity index (χ0n) is 15.7. The number of hydrogen-bond acceptors (Lipinski definition) is 4. The molecule has 1 aromatic carbocycles. The molecule has 6 nitrogen and oxygen atoms in total. The average Bonchev–Trinajstić information content (AvgIpc) is 3.02. The van der Waals surface area contributed by atoms with Crippen LogP contribution in [0, 0.1) is 11.8 Å². The summed E-state index contributed by atoms with van der Waals surface area (Å²) in [6, 6.07) is 7.88. The molecule has 2 saturated heterocycles. The number of piperidine rings is 1. The monoisotopic (exact) mass is 359 g/mol. The van der Waals surface area contributed by atoms with Gasteiger partial charge in [-0.2, -0.15) is 0 Å². The number of carbonyl (C=O) groups is 2. The third-order valence-electron chi connectivity index (χ3n) is 5.69. The first-order chi connectivity index (χ1) is 12.5. The Balaban J connectivity index is 1.54. The fourth-order valence-corrected chi connectivity index (χ4v) is 3.95. The van der Waals surface area contributed by atoms with Gasteiger partial charge in [0.2, 0.25) is 11.8 Å². The zero-order chi connectivity index (χ0) is 18.7. The van der Waals surface area contributed by atoms with Gasteiger partial charge in [-0.05, 0) is 43.4 Å². The molecule has 142 valence electrons. The standard InChI is InChI=1S/C20H29N3O3/c1-14(21)16-7-9-22(10-8-16)20(25)17-11-19(24)23(13-17)12-15-3-5-18(26-2)6-4-15/h3-6,14,16-17H,7-13,21H2,1-2H3. The summed E-state index contributed by atoms with van der Waals surface area (Å²) in [5, 5.41) is 0. The van der Waals surface area contributed by atoms with E-state index in [1.165, 1.54) is 0 Å². The molecule has 0 radical (unpaired) electrons. The number of methoxy groups -OCH3 is 1. The number of rotatable bonds is 5. The van der Waals surface area contributed by atoms with Crippen molar-refractivity contribution in [3.05, 3.63) is 29.8 Å². The van der Waals surface area contributed by atoms with Crippen LogP contribution in [0.3, 0.4) is 0 Å². The summed E-state index contributed by atoms with van der Waals surface area (Å²) in [4.78, 5) is 28.9. The van der Waals surface area contributed by atoms with Crippen LogP contribution in [-0.2, 0) is 16.1 Å². The number of carbonyl (C=O) groups excluding carboxylic acids is 2. The molecule has 2 aliphatic rings. The van der Waals surface area contributed by atoms with Crippen molar-refractivity contribution < 1.29 is 14.3 Å². The molecule has 0 saturated carbocycles. The van der Waals surface area contributed by atoms with Gasteiger partial charge in [-0.1, -0.05) is 12.1 Å². The lowest BCUT2D eigenvalue weighted by molar-refractivity contribution is -0.137. The highest BCUT2D eigenvalue weighted by Crippen LogP contribution is 2.26. The fraction of sp³-hybridized carbons (Fsp3) is 0.600. The minimum absolute atomic E-state index is 0.0598. The van der Waals surface area contributed by atoms with Crippen LogP contribution in [0.15, 0.2) is 24.3 Å². The van der Waals surface area contributed by atoms with Crippen LogP contribution in [0.5, 0.6) is 5.75 Å². The summed E-state index contributed by atoms with van der Waals surface area (Å²) < 4.78 is 5.16. The molecule has 2 fully saturated rings. The molecule has 0 aliphatic carbocycles. The summed E-state index contributed by atoms with van der Waals surface area (Å²) in [6.45, 7) is 4.60. The smallest absolute Gasteiger partial charge is 0.227 e. The van der Waals surface area contributed by atoms with E-state index in [-0.39, 0.29) is 23.8 Å². The van der Waals surface area contributed by atoms with Gasteiger partial charge < -0.3 is 20.3 Å². The number of ether oxygens (including phenoxy) is 1. The maximum absolute atomic E-state index is 12.8. The van der Waals surface area contributed by atoms with E-state index in [0.717, 1.165) is 37.2 Å². The van der Waals surface area contributed by atoms with Crippen molar-refractivity contribution in [2.24, 2.45) is 17.6 Å². The second-order valence-corrected chi connectivity index (χ2v) is 7.55. The lowest BCUT2D eigenvalue weighted by atomic mass is 9.90. The van der Waals surface area contributed by atoms with Crippen LogP contribution in [0.25, 0.3) is 0 Å². The Hall–Kier alpha value is -2.08. The lowest BCUT2D eigenvalue weighted by Gasteiger charge is -2.35. The van der Waals surface area contributed by atoms with Crippen LogP contribution >= 0.6 is 0 Å². The van der Waals surface area contributed by atoms with Gasteiger partial charge in [0.1, 0.15) is 5.75 Å². The van der Waals surface area contributed by atoms with E-state index >= 15 is 0 Å². The van der Waals surface area contributed by atoms with Gasteiger partial charge in [0.15, 0.2) is 0 Å². The Morgan fingerprint density at radius 2 is 1.92 bits per heavy atom. The van der Waals surface area contributed by atoms with Gasteiger partial charge in [-0.3, -0.25) is 9.59 Å². The molecule has 0 aromatic heterocycles. The third kappa shape index (κ3) is 4.18. The highest BCUT2D eigenvalue weighted by molar-refractivity contribution is 5.89. The van der Waals surface area contributed by atoms with Crippen molar-refractivity contribution in [1.82, 2.24) is 9.80 Å². The Bertz CT molecular complexity index is 636. The SMILES string of the molecule is COc1ccc(CN2CC(C(=O)N3CCC(C(C)N)CC3)CC2=O)cc1. The molecule has 2 unspecified atom stereocenters. The van der Waals surface area contributed by atoms with Crippen molar-refractivity contribution in [2.45, 2.75) is 38.8 Å². The second-order valence-electron chi connectivity index (χ2n) is 7.55. The van der Waals surface area contributed by atoms with Crippen molar-refractivity contribution in [1.29, 1.82) is 0 Å². The normalized spacial score (nSPS) is 22.6. The quantitative estimate of drug-likeness (QED) is 0.867. The largest absolute Gasteiger partial charge is 0.497 e. The first-order valence-electron chi connectivity index (χ1n) is 9.43. The highest BCUT2D eigenvalue weighted by Gasteiger charge is 2.37. The maximum atomic E-state index is 12.8. The molecule has 2 N–H and O–H groups in total. The molecule has 2 amide bonds. The van der Waals surface area contributed by atoms with Crippen molar-refractivity contribution in [3.8, 4) is 5.75 Å². The topological polar surface area (TPSA) is 75.9 Å². The van der Waals surface area contributed by atoms with Crippen molar-refractivity contribution in [3.63, 3.8) is 0 Å². The second kappa shape index (κ2) is 8.08. The Morgan fingerprint density at radius 1 is 1.27 bits per heavy atom. The van der Waals surface area contributed by atoms with Crippen LogP contribution in [-0.4, -0.2) is 54.4 Å². The maximum Gasteiger partial charge on any atom is 0.227 e. The van der Waals surface area contributed by atoms with Crippen molar-refractivity contribution >= 4 is 11.8 Å². The molecule has 1 aromatic rings. The van der Waals surface area contributed by atoms with E-state index < -0.39 is 0 Å². The van der Waals surface area contributed by atoms with Crippen LogP contribution < -0.4 is 10.5 Å². The van der Waals surface area contributed by atoms with Crippen LogP contribution in [0.2, 0.25) is 0 Å². The average molecular weight is 359 g/mol. The number of amides is 2. The van der Waals surface area contributed by atoms with Gasteiger partial charge in [-0.15, -0.1) is 0 Å². The number of nitrogens with two attached hydrogens (primary N) is 1. The molecule has 2 aliphatic heterocycles. The molecule has 2 atom stereocenters. The Labute approximate surface area is 155 Å². The van der Waals surface area contributed by atoms with Crippen LogP contribution in [0.1, 0.15) is 31.7 Å². The van der Waals surface area contributed by atoms with Gasteiger partial charge in [-0.25, -0.2) is 0 Å². The zero-order valence-corrected chi connectivity index (χ0v) is 15.7. The first-order valence-corrected chi connectivity index (χ1v) is 9.43. The van der Waals surface area contributed by atoms with Crippen molar-refractivity contribution in [2.75, 3.05) is 26.7 Å². The molecule has 3 rings (SSSR count). The Morgan fingerprint density at radius 3 is 2.50 bits per heavy atom.